The first-order valence-electron chi connectivity index (χ1n) is 3.63. The lowest BCUT2D eigenvalue weighted by Gasteiger charge is -1.98. The van der Waals surface area contributed by atoms with Gasteiger partial charge in [-0.15, -0.1) is 0 Å². The summed E-state index contributed by atoms with van der Waals surface area (Å²) < 4.78 is 12.6. The Morgan fingerprint density at radius 3 is 2.73 bits per heavy atom. The van der Waals surface area contributed by atoms with Gasteiger partial charge in [-0.05, 0) is 37.1 Å². The number of hydrogen-bond acceptors (Lipinski definition) is 0. The molecule has 0 radical (unpaired) electrons. The predicted molar refractivity (Wildman–Crippen MR) is 45.8 cm³/mol. The molecule has 1 aromatic carbocycles. The summed E-state index contributed by atoms with van der Waals surface area (Å²) in [6.07, 6.45) is 3.81. The van der Waals surface area contributed by atoms with E-state index in [-0.39, 0.29) is 5.82 Å². The summed E-state index contributed by atoms with van der Waals surface area (Å²) >= 11 is 0. The van der Waals surface area contributed by atoms with Gasteiger partial charge in [-0.1, -0.05) is 18.2 Å². The van der Waals surface area contributed by atoms with Crippen LogP contribution in [0.3, 0.4) is 0 Å². The van der Waals surface area contributed by atoms with Gasteiger partial charge in [-0.25, -0.2) is 4.39 Å². The molecule has 58 valence electrons. The summed E-state index contributed by atoms with van der Waals surface area (Å²) in [7, 11) is 0. The van der Waals surface area contributed by atoms with Crippen molar-refractivity contribution in [1.82, 2.24) is 0 Å². The van der Waals surface area contributed by atoms with E-state index >= 15 is 0 Å². The summed E-state index contributed by atoms with van der Waals surface area (Å²) in [6.45, 7) is 3.89. The zero-order chi connectivity index (χ0) is 8.27. The van der Waals surface area contributed by atoms with Gasteiger partial charge in [0.15, 0.2) is 0 Å². The Hall–Kier alpha value is -1.11. The van der Waals surface area contributed by atoms with E-state index in [9.17, 15) is 4.39 Å². The zero-order valence-corrected chi connectivity index (χ0v) is 6.76. The monoisotopic (exact) mass is 150 g/mol. The molecule has 0 saturated heterocycles. The number of aryl methyl sites for hydroxylation is 1. The first-order valence-corrected chi connectivity index (χ1v) is 3.63. The van der Waals surface area contributed by atoms with Gasteiger partial charge in [0.05, 0.1) is 0 Å². The van der Waals surface area contributed by atoms with Crippen molar-refractivity contribution < 1.29 is 4.39 Å². The van der Waals surface area contributed by atoms with Gasteiger partial charge >= 0.3 is 0 Å². The normalized spacial score (nSPS) is 10.8. The highest BCUT2D eigenvalue weighted by atomic mass is 19.1. The fraction of sp³-hybridized carbons (Fsp3) is 0.200. The Labute approximate surface area is 66.4 Å². The molecule has 0 amide bonds. The third kappa shape index (κ3) is 1.90. The molecule has 0 N–H and O–H groups in total. The molecule has 0 aliphatic carbocycles. The Morgan fingerprint density at radius 1 is 1.36 bits per heavy atom. The third-order valence-electron chi connectivity index (χ3n) is 1.59. The quantitative estimate of drug-likeness (QED) is 0.576. The number of benzene rings is 1. The SMILES string of the molecule is C/C=C\c1cc(F)ccc1C. The first-order chi connectivity index (χ1) is 5.24. The molecule has 1 rings (SSSR count). The van der Waals surface area contributed by atoms with Crippen LogP contribution in [-0.2, 0) is 0 Å². The Kier molecular flexibility index (Phi) is 2.42. The van der Waals surface area contributed by atoms with E-state index in [1.54, 1.807) is 6.07 Å². The van der Waals surface area contributed by atoms with E-state index in [0.717, 1.165) is 11.1 Å². The molecule has 1 heteroatoms. The summed E-state index contributed by atoms with van der Waals surface area (Å²) in [5.41, 5.74) is 2.05. The highest BCUT2D eigenvalue weighted by Gasteiger charge is 1.94. The zero-order valence-electron chi connectivity index (χ0n) is 6.76. The number of allylic oxidation sites excluding steroid dienone is 1. The Balaban J connectivity index is 3.12. The summed E-state index contributed by atoms with van der Waals surface area (Å²) in [5, 5.41) is 0. The third-order valence-corrected chi connectivity index (χ3v) is 1.59. The maximum Gasteiger partial charge on any atom is 0.123 e. The van der Waals surface area contributed by atoms with Gasteiger partial charge in [-0.3, -0.25) is 0 Å². The molecule has 0 aliphatic rings. The van der Waals surface area contributed by atoms with E-state index in [2.05, 4.69) is 0 Å². The van der Waals surface area contributed by atoms with Crippen molar-refractivity contribution in [3.05, 3.63) is 41.2 Å². The fourth-order valence-corrected chi connectivity index (χ4v) is 0.970. The molecule has 0 spiro atoms. The maximum absolute atomic E-state index is 12.6. The Bertz CT molecular complexity index is 274. The molecule has 0 atom stereocenters. The molecular weight excluding hydrogens is 139 g/mol. The van der Waals surface area contributed by atoms with Gasteiger partial charge in [0.1, 0.15) is 5.82 Å². The van der Waals surface area contributed by atoms with E-state index in [1.807, 2.05) is 26.0 Å². The predicted octanol–water partition coefficient (Wildman–Crippen LogP) is 3.17. The lowest BCUT2D eigenvalue weighted by Crippen LogP contribution is -1.81. The molecule has 11 heavy (non-hydrogen) atoms. The highest BCUT2D eigenvalue weighted by Crippen LogP contribution is 2.11. The lowest BCUT2D eigenvalue weighted by molar-refractivity contribution is 0.627. The van der Waals surface area contributed by atoms with Crippen LogP contribution in [0.1, 0.15) is 18.1 Å². The molecule has 0 aliphatic heterocycles. The van der Waals surface area contributed by atoms with Crippen LogP contribution in [0.4, 0.5) is 4.39 Å². The fourth-order valence-electron chi connectivity index (χ4n) is 0.970. The minimum absolute atomic E-state index is 0.177. The molecule has 1 aromatic rings. The van der Waals surface area contributed by atoms with E-state index < -0.39 is 0 Å². The number of rotatable bonds is 1. The van der Waals surface area contributed by atoms with Crippen molar-refractivity contribution in [2.45, 2.75) is 13.8 Å². The number of halogens is 1. The van der Waals surface area contributed by atoms with Crippen LogP contribution in [0.2, 0.25) is 0 Å². The second kappa shape index (κ2) is 3.33. The van der Waals surface area contributed by atoms with E-state index in [4.69, 9.17) is 0 Å². The minimum atomic E-state index is -0.177. The minimum Gasteiger partial charge on any atom is -0.207 e. The van der Waals surface area contributed by atoms with Crippen LogP contribution in [0.5, 0.6) is 0 Å². The van der Waals surface area contributed by atoms with Crippen molar-refractivity contribution in [2.75, 3.05) is 0 Å². The van der Waals surface area contributed by atoms with Crippen molar-refractivity contribution in [3.63, 3.8) is 0 Å². The van der Waals surface area contributed by atoms with Crippen molar-refractivity contribution in [1.29, 1.82) is 0 Å². The molecule has 0 aromatic heterocycles. The summed E-state index contributed by atoms with van der Waals surface area (Å²) in [5.74, 6) is -0.177. The molecule has 0 saturated carbocycles. The summed E-state index contributed by atoms with van der Waals surface area (Å²) in [6, 6.07) is 4.79. The molecule has 0 fully saturated rings. The second-order valence-electron chi connectivity index (χ2n) is 2.50. The lowest BCUT2D eigenvalue weighted by atomic mass is 10.1. The highest BCUT2D eigenvalue weighted by molar-refractivity contribution is 5.52. The topological polar surface area (TPSA) is 0 Å². The molecule has 0 unspecified atom stereocenters. The second-order valence-corrected chi connectivity index (χ2v) is 2.50. The molecule has 0 nitrogen and oxygen atoms in total. The average molecular weight is 150 g/mol. The van der Waals surface area contributed by atoms with Crippen LogP contribution < -0.4 is 0 Å². The van der Waals surface area contributed by atoms with E-state index in [0.29, 0.717) is 0 Å². The van der Waals surface area contributed by atoms with Gasteiger partial charge in [0.2, 0.25) is 0 Å². The van der Waals surface area contributed by atoms with Crippen LogP contribution >= 0.6 is 0 Å². The van der Waals surface area contributed by atoms with Crippen LogP contribution in [0, 0.1) is 12.7 Å². The van der Waals surface area contributed by atoms with Crippen molar-refractivity contribution in [3.8, 4) is 0 Å². The van der Waals surface area contributed by atoms with Gasteiger partial charge in [0, 0.05) is 0 Å². The van der Waals surface area contributed by atoms with Gasteiger partial charge < -0.3 is 0 Å². The maximum atomic E-state index is 12.6. The van der Waals surface area contributed by atoms with E-state index in [1.165, 1.54) is 12.1 Å². The van der Waals surface area contributed by atoms with Crippen molar-refractivity contribution >= 4 is 6.08 Å². The molecule has 0 heterocycles. The average Bonchev–Trinajstić information content (AvgIpc) is 1.98. The number of hydrogen-bond donors (Lipinski definition) is 0. The van der Waals surface area contributed by atoms with Gasteiger partial charge in [-0.2, -0.15) is 0 Å². The van der Waals surface area contributed by atoms with Crippen LogP contribution in [-0.4, -0.2) is 0 Å². The molecule has 0 bridgehead atoms. The largest absolute Gasteiger partial charge is 0.207 e. The standard InChI is InChI=1S/C10H11F/c1-3-4-9-7-10(11)6-5-8(9)2/h3-7H,1-2H3/b4-3-. The Morgan fingerprint density at radius 2 is 2.09 bits per heavy atom. The van der Waals surface area contributed by atoms with Crippen molar-refractivity contribution in [2.24, 2.45) is 0 Å². The smallest absolute Gasteiger partial charge is 0.123 e. The van der Waals surface area contributed by atoms with Crippen LogP contribution in [0.25, 0.3) is 6.08 Å². The van der Waals surface area contributed by atoms with Gasteiger partial charge in [0.25, 0.3) is 0 Å². The molecular formula is C10H11F. The summed E-state index contributed by atoms with van der Waals surface area (Å²) in [4.78, 5) is 0. The first kappa shape index (κ1) is 7.99. The van der Waals surface area contributed by atoms with Crippen LogP contribution in [0.15, 0.2) is 24.3 Å².